The van der Waals surface area contributed by atoms with E-state index in [1.54, 1.807) is 11.3 Å². The van der Waals surface area contributed by atoms with Gasteiger partial charge in [-0.1, -0.05) is 37.3 Å². The average Bonchev–Trinajstić information content (AvgIpc) is 3.18. The maximum Gasteiger partial charge on any atom is 0.163 e. The van der Waals surface area contributed by atoms with E-state index in [-0.39, 0.29) is 0 Å². The first-order chi connectivity index (χ1) is 13.8. The molecule has 140 valence electrons. The normalized spacial score (nSPS) is 12.9. The van der Waals surface area contributed by atoms with E-state index in [4.69, 9.17) is 19.4 Å². The molecule has 1 N–H and O–H groups in total. The Kier molecular flexibility index (Phi) is 4.33. The van der Waals surface area contributed by atoms with E-state index >= 15 is 0 Å². The monoisotopic (exact) mass is 389 g/mol. The third-order valence-corrected chi connectivity index (χ3v) is 5.80. The summed E-state index contributed by atoms with van der Waals surface area (Å²) in [7, 11) is 0. The summed E-state index contributed by atoms with van der Waals surface area (Å²) >= 11 is 1.72. The summed E-state index contributed by atoms with van der Waals surface area (Å²) < 4.78 is 11.3. The van der Waals surface area contributed by atoms with Crippen molar-refractivity contribution in [2.45, 2.75) is 13.3 Å². The topological polar surface area (TPSA) is 56.3 Å². The van der Waals surface area contributed by atoms with Gasteiger partial charge < -0.3 is 14.8 Å². The van der Waals surface area contributed by atoms with Crippen LogP contribution in [0.5, 0.6) is 11.5 Å². The molecule has 5 rings (SSSR count). The molecule has 4 aromatic rings. The maximum absolute atomic E-state index is 5.71. The highest BCUT2D eigenvalue weighted by molar-refractivity contribution is 7.18. The molecule has 0 amide bonds. The predicted octanol–water partition coefficient (Wildman–Crippen LogP) is 5.44. The zero-order valence-electron chi connectivity index (χ0n) is 15.4. The summed E-state index contributed by atoms with van der Waals surface area (Å²) in [6, 6.07) is 18.1. The second-order valence-electron chi connectivity index (χ2n) is 6.53. The lowest BCUT2D eigenvalue weighted by atomic mass is 10.2. The van der Waals surface area contributed by atoms with E-state index in [2.05, 4.69) is 18.3 Å². The molecule has 0 saturated carbocycles. The van der Waals surface area contributed by atoms with Gasteiger partial charge in [-0.2, -0.15) is 0 Å². The number of nitrogens with one attached hydrogen (secondary N) is 1. The van der Waals surface area contributed by atoms with E-state index in [1.807, 2.05) is 48.5 Å². The number of aromatic nitrogens is 2. The fourth-order valence-electron chi connectivity index (χ4n) is 3.22. The quantitative estimate of drug-likeness (QED) is 0.504. The number of benzene rings is 2. The van der Waals surface area contributed by atoms with Crippen molar-refractivity contribution in [3.63, 3.8) is 0 Å². The van der Waals surface area contributed by atoms with Gasteiger partial charge in [0.2, 0.25) is 0 Å². The molecule has 0 fully saturated rings. The summed E-state index contributed by atoms with van der Waals surface area (Å²) in [6.45, 7) is 3.31. The van der Waals surface area contributed by atoms with Gasteiger partial charge in [0.15, 0.2) is 17.3 Å². The lowest BCUT2D eigenvalue weighted by Crippen LogP contribution is -2.15. The molecule has 0 spiro atoms. The first-order valence-corrected chi connectivity index (χ1v) is 10.1. The SMILES string of the molecule is CCc1cc2c(Nc3ccc4c(c3)OCCO4)nc(-c3ccccc3)nc2s1. The van der Waals surface area contributed by atoms with E-state index in [0.29, 0.717) is 13.2 Å². The van der Waals surface area contributed by atoms with Gasteiger partial charge in [0.1, 0.15) is 23.9 Å². The van der Waals surface area contributed by atoms with Gasteiger partial charge in [0.25, 0.3) is 0 Å². The van der Waals surface area contributed by atoms with E-state index in [1.165, 1.54) is 4.88 Å². The number of hydrogen-bond donors (Lipinski definition) is 1. The standard InChI is InChI=1S/C22H19N3O2S/c1-2-16-13-17-21(23-15-8-9-18-19(12-15)27-11-10-26-18)24-20(25-22(17)28-16)14-6-4-3-5-7-14/h3-9,12-13H,2,10-11H2,1H3,(H,23,24,25). The first-order valence-electron chi connectivity index (χ1n) is 9.33. The Morgan fingerprint density at radius 1 is 0.964 bits per heavy atom. The third kappa shape index (κ3) is 3.16. The molecule has 28 heavy (non-hydrogen) atoms. The lowest BCUT2D eigenvalue weighted by molar-refractivity contribution is 0.171. The molecule has 0 unspecified atom stereocenters. The number of hydrogen-bond acceptors (Lipinski definition) is 6. The van der Waals surface area contributed by atoms with Crippen molar-refractivity contribution in [3.8, 4) is 22.9 Å². The molecule has 1 aliphatic heterocycles. The van der Waals surface area contributed by atoms with Gasteiger partial charge in [-0.3, -0.25) is 0 Å². The first kappa shape index (κ1) is 17.0. The van der Waals surface area contributed by atoms with Gasteiger partial charge in [0, 0.05) is 22.2 Å². The van der Waals surface area contributed by atoms with Crippen LogP contribution < -0.4 is 14.8 Å². The number of ether oxygens (including phenoxy) is 2. The number of aryl methyl sites for hydroxylation is 1. The molecule has 0 saturated heterocycles. The van der Waals surface area contributed by atoms with E-state index < -0.39 is 0 Å². The third-order valence-electron chi connectivity index (χ3n) is 4.63. The minimum absolute atomic E-state index is 0.566. The van der Waals surface area contributed by atoms with Crippen LogP contribution in [0, 0.1) is 0 Å². The predicted molar refractivity (Wildman–Crippen MR) is 113 cm³/mol. The molecule has 0 aliphatic carbocycles. The molecule has 3 heterocycles. The Balaban J connectivity index is 1.60. The van der Waals surface area contributed by atoms with Gasteiger partial charge in [-0.15, -0.1) is 11.3 Å². The smallest absolute Gasteiger partial charge is 0.163 e. The van der Waals surface area contributed by atoms with Gasteiger partial charge >= 0.3 is 0 Å². The molecule has 0 radical (unpaired) electrons. The second-order valence-corrected chi connectivity index (χ2v) is 7.65. The number of anilines is 2. The number of nitrogens with zero attached hydrogens (tertiary/aromatic N) is 2. The van der Waals surface area contributed by atoms with Crippen molar-refractivity contribution >= 4 is 33.1 Å². The molecule has 5 nitrogen and oxygen atoms in total. The van der Waals surface area contributed by atoms with E-state index in [9.17, 15) is 0 Å². The van der Waals surface area contributed by atoms with Crippen LogP contribution in [-0.2, 0) is 6.42 Å². The lowest BCUT2D eigenvalue weighted by Gasteiger charge is -2.19. The Morgan fingerprint density at radius 3 is 2.61 bits per heavy atom. The highest BCUT2D eigenvalue weighted by Gasteiger charge is 2.15. The highest BCUT2D eigenvalue weighted by atomic mass is 32.1. The van der Waals surface area contributed by atoms with Crippen molar-refractivity contribution in [1.29, 1.82) is 0 Å². The zero-order valence-corrected chi connectivity index (χ0v) is 16.3. The number of rotatable bonds is 4. The van der Waals surface area contributed by atoms with E-state index in [0.717, 1.165) is 51.0 Å². The second kappa shape index (κ2) is 7.13. The van der Waals surface area contributed by atoms with Crippen LogP contribution in [0.15, 0.2) is 54.6 Å². The van der Waals surface area contributed by atoms with Crippen molar-refractivity contribution in [2.24, 2.45) is 0 Å². The van der Waals surface area contributed by atoms with Gasteiger partial charge in [-0.25, -0.2) is 9.97 Å². The van der Waals surface area contributed by atoms with Gasteiger partial charge in [-0.05, 0) is 24.6 Å². The summed E-state index contributed by atoms with van der Waals surface area (Å²) in [5.74, 6) is 3.05. The maximum atomic E-state index is 5.71. The fourth-order valence-corrected chi connectivity index (χ4v) is 4.18. The molecular weight excluding hydrogens is 370 g/mol. The Hall–Kier alpha value is -3.12. The molecule has 2 aromatic carbocycles. The van der Waals surface area contributed by atoms with Crippen molar-refractivity contribution in [3.05, 3.63) is 59.5 Å². The molecule has 0 bridgehead atoms. The molecule has 6 heteroatoms. The summed E-state index contributed by atoms with van der Waals surface area (Å²) in [5, 5.41) is 4.50. The van der Waals surface area contributed by atoms with Crippen molar-refractivity contribution in [1.82, 2.24) is 9.97 Å². The largest absolute Gasteiger partial charge is 0.486 e. The van der Waals surface area contributed by atoms with Crippen LogP contribution in [0.25, 0.3) is 21.6 Å². The average molecular weight is 389 g/mol. The molecule has 2 aromatic heterocycles. The Labute approximate surface area is 167 Å². The number of fused-ring (bicyclic) bond motifs is 2. The molecule has 0 atom stereocenters. The summed E-state index contributed by atoms with van der Waals surface area (Å²) in [6.07, 6.45) is 0.977. The minimum atomic E-state index is 0.566. The summed E-state index contributed by atoms with van der Waals surface area (Å²) in [4.78, 5) is 11.9. The highest BCUT2D eigenvalue weighted by Crippen LogP contribution is 2.36. The number of thiophene rings is 1. The Bertz CT molecular complexity index is 1140. The van der Waals surface area contributed by atoms with Crippen LogP contribution in [0.2, 0.25) is 0 Å². The zero-order chi connectivity index (χ0) is 18.9. The van der Waals surface area contributed by atoms with Gasteiger partial charge in [0.05, 0.1) is 5.39 Å². The van der Waals surface area contributed by atoms with Crippen LogP contribution in [0.4, 0.5) is 11.5 Å². The van der Waals surface area contributed by atoms with Crippen LogP contribution in [0.3, 0.4) is 0 Å². The fraction of sp³-hybridized carbons (Fsp3) is 0.182. The van der Waals surface area contributed by atoms with Crippen LogP contribution >= 0.6 is 11.3 Å². The minimum Gasteiger partial charge on any atom is -0.486 e. The van der Waals surface area contributed by atoms with Crippen LogP contribution in [-0.4, -0.2) is 23.2 Å². The van der Waals surface area contributed by atoms with Crippen LogP contribution in [0.1, 0.15) is 11.8 Å². The summed E-state index contributed by atoms with van der Waals surface area (Å²) in [5.41, 5.74) is 1.91. The molecule has 1 aliphatic rings. The Morgan fingerprint density at radius 2 is 1.79 bits per heavy atom. The van der Waals surface area contributed by atoms with Crippen molar-refractivity contribution in [2.75, 3.05) is 18.5 Å². The molecular formula is C22H19N3O2S. The van der Waals surface area contributed by atoms with Crippen molar-refractivity contribution < 1.29 is 9.47 Å².